The number of nitrogens with one attached hydrogen (secondary N) is 1. The Bertz CT molecular complexity index is 1310. The number of aromatic nitrogens is 3. The second-order valence-corrected chi connectivity index (χ2v) is 10.3. The number of carbonyl (C=O) groups is 1. The Morgan fingerprint density at radius 2 is 2.00 bits per heavy atom. The molecule has 5 rings (SSSR count). The number of sulfonamides is 1. The number of benzene rings is 1. The molecule has 0 saturated heterocycles. The fourth-order valence-electron chi connectivity index (χ4n) is 4.60. The number of hydrogen-bond acceptors (Lipinski definition) is 5. The first kappa shape index (κ1) is 20.9. The zero-order valence-corrected chi connectivity index (χ0v) is 18.7. The number of fused-ring (bicyclic) bond motifs is 2. The van der Waals surface area contributed by atoms with Gasteiger partial charge in [-0.25, -0.2) is 8.42 Å². The summed E-state index contributed by atoms with van der Waals surface area (Å²) in [6.07, 6.45) is 1.40. The fourth-order valence-corrected chi connectivity index (χ4v) is 6.28. The summed E-state index contributed by atoms with van der Waals surface area (Å²) in [6, 6.07) is 10.3. The van der Waals surface area contributed by atoms with Gasteiger partial charge in [0.2, 0.25) is 10.0 Å². The molecule has 32 heavy (non-hydrogen) atoms. The van der Waals surface area contributed by atoms with Gasteiger partial charge in [-0.1, -0.05) is 24.3 Å². The summed E-state index contributed by atoms with van der Waals surface area (Å²) in [7, 11) is -2.11. The Morgan fingerprint density at radius 3 is 2.78 bits per heavy atom. The molecule has 0 bridgehead atoms. The molecular formula is C22H25N5O4S. The van der Waals surface area contributed by atoms with E-state index in [2.05, 4.69) is 10.4 Å². The highest BCUT2D eigenvalue weighted by Crippen LogP contribution is 2.32. The standard InChI is InChI=1S/C22H25N5O4S/c1-14-20(32(30,31)26-9-10-27-16(13-26)7-8-23-27)12-19(25(14)2)22(29)24-18-11-15-5-3-4-6-17(15)21(18)28/h3-8,12,18,21,28H,9-11,13H2,1-2H3,(H,24,29)/t18-,21-/m0/s1. The maximum atomic E-state index is 13.4. The summed E-state index contributed by atoms with van der Waals surface area (Å²) in [5.41, 5.74) is 3.38. The van der Waals surface area contributed by atoms with Crippen LogP contribution in [0.3, 0.4) is 0 Å². The fraction of sp³-hybridized carbons (Fsp3) is 0.364. The first-order valence-corrected chi connectivity index (χ1v) is 12.0. The van der Waals surface area contributed by atoms with E-state index in [4.69, 9.17) is 0 Å². The lowest BCUT2D eigenvalue weighted by atomic mass is 10.1. The highest BCUT2D eigenvalue weighted by atomic mass is 32.2. The largest absolute Gasteiger partial charge is 0.386 e. The first-order valence-electron chi connectivity index (χ1n) is 10.5. The van der Waals surface area contributed by atoms with Gasteiger partial charge < -0.3 is 15.0 Å². The molecule has 1 aromatic carbocycles. The summed E-state index contributed by atoms with van der Waals surface area (Å²) in [5.74, 6) is -0.411. The molecular weight excluding hydrogens is 430 g/mol. The summed E-state index contributed by atoms with van der Waals surface area (Å²) < 4.78 is 31.6. The molecule has 3 heterocycles. The quantitative estimate of drug-likeness (QED) is 0.613. The highest BCUT2D eigenvalue weighted by Gasteiger charge is 2.35. The van der Waals surface area contributed by atoms with Crippen molar-refractivity contribution in [2.24, 2.45) is 7.05 Å². The molecule has 9 nitrogen and oxygen atoms in total. The van der Waals surface area contributed by atoms with E-state index >= 15 is 0 Å². The van der Waals surface area contributed by atoms with Gasteiger partial charge in [-0.05, 0) is 36.6 Å². The lowest BCUT2D eigenvalue weighted by Crippen LogP contribution is -2.38. The molecule has 2 aromatic heterocycles. The molecule has 2 N–H and O–H groups in total. The normalized spacial score (nSPS) is 20.7. The third kappa shape index (κ3) is 3.26. The number of aliphatic hydroxyl groups is 1. The van der Waals surface area contributed by atoms with Gasteiger partial charge in [0.1, 0.15) is 10.6 Å². The predicted molar refractivity (Wildman–Crippen MR) is 116 cm³/mol. The second-order valence-electron chi connectivity index (χ2n) is 8.35. The van der Waals surface area contributed by atoms with Crippen molar-refractivity contribution in [3.63, 3.8) is 0 Å². The van der Waals surface area contributed by atoms with Crippen molar-refractivity contribution < 1.29 is 18.3 Å². The van der Waals surface area contributed by atoms with E-state index in [1.165, 1.54) is 10.4 Å². The second kappa shape index (κ2) is 7.58. The third-order valence-corrected chi connectivity index (χ3v) is 8.52. The van der Waals surface area contributed by atoms with Crippen molar-refractivity contribution in [2.45, 2.75) is 43.5 Å². The summed E-state index contributed by atoms with van der Waals surface area (Å²) >= 11 is 0. The summed E-state index contributed by atoms with van der Waals surface area (Å²) in [5, 5.41) is 17.7. The summed E-state index contributed by atoms with van der Waals surface area (Å²) in [6.45, 7) is 2.74. The van der Waals surface area contributed by atoms with Gasteiger partial charge in [0.15, 0.2) is 0 Å². The van der Waals surface area contributed by atoms with E-state index in [-0.39, 0.29) is 17.1 Å². The van der Waals surface area contributed by atoms with E-state index < -0.39 is 28.1 Å². The molecule has 1 amide bonds. The monoisotopic (exact) mass is 455 g/mol. The van der Waals surface area contributed by atoms with E-state index in [1.54, 1.807) is 29.4 Å². The van der Waals surface area contributed by atoms with Gasteiger partial charge in [-0.2, -0.15) is 9.40 Å². The Hall–Kier alpha value is -2.95. The van der Waals surface area contributed by atoms with Crippen LogP contribution in [0.5, 0.6) is 0 Å². The molecule has 0 radical (unpaired) electrons. The first-order chi connectivity index (χ1) is 15.3. The van der Waals surface area contributed by atoms with Crippen molar-refractivity contribution in [2.75, 3.05) is 6.54 Å². The minimum absolute atomic E-state index is 0.119. The Kier molecular flexibility index (Phi) is 4.95. The minimum atomic E-state index is -3.79. The van der Waals surface area contributed by atoms with Crippen LogP contribution in [0.1, 0.15) is 39.1 Å². The number of rotatable bonds is 4. The summed E-state index contributed by atoms with van der Waals surface area (Å²) in [4.78, 5) is 13.2. The zero-order valence-electron chi connectivity index (χ0n) is 17.9. The molecule has 1 aliphatic heterocycles. The SMILES string of the molecule is Cc1c(S(=O)(=O)N2CCn3nccc3C2)cc(C(=O)N[C@H]2Cc3ccccc3[C@@H]2O)n1C. The van der Waals surface area contributed by atoms with Crippen molar-refractivity contribution in [3.8, 4) is 0 Å². The lowest BCUT2D eigenvalue weighted by molar-refractivity contribution is 0.0850. The number of carbonyl (C=O) groups excluding carboxylic acids is 1. The molecule has 0 fully saturated rings. The van der Waals surface area contributed by atoms with Crippen LogP contribution >= 0.6 is 0 Å². The van der Waals surface area contributed by atoms with Crippen LogP contribution in [-0.4, -0.2) is 50.7 Å². The molecule has 0 saturated carbocycles. The average Bonchev–Trinajstić information content (AvgIpc) is 3.45. The maximum Gasteiger partial charge on any atom is 0.268 e. The Labute approximate surface area is 186 Å². The van der Waals surface area contributed by atoms with Gasteiger partial charge in [0.05, 0.1) is 30.9 Å². The van der Waals surface area contributed by atoms with Crippen molar-refractivity contribution in [1.29, 1.82) is 0 Å². The predicted octanol–water partition coefficient (Wildman–Crippen LogP) is 1.12. The number of aliphatic hydroxyl groups excluding tert-OH is 1. The maximum absolute atomic E-state index is 13.4. The van der Waals surface area contributed by atoms with Gasteiger partial charge in [0.25, 0.3) is 5.91 Å². The number of amides is 1. The van der Waals surface area contributed by atoms with Crippen molar-refractivity contribution >= 4 is 15.9 Å². The molecule has 2 aliphatic rings. The zero-order chi connectivity index (χ0) is 22.6. The highest BCUT2D eigenvalue weighted by molar-refractivity contribution is 7.89. The molecule has 2 atom stereocenters. The van der Waals surface area contributed by atoms with Gasteiger partial charge in [0, 0.05) is 25.5 Å². The van der Waals surface area contributed by atoms with Crippen molar-refractivity contribution in [1.82, 2.24) is 24.0 Å². The van der Waals surface area contributed by atoms with E-state index in [0.29, 0.717) is 25.2 Å². The molecule has 1 aliphatic carbocycles. The van der Waals surface area contributed by atoms with Crippen LogP contribution < -0.4 is 5.32 Å². The van der Waals surface area contributed by atoms with Gasteiger partial charge in [-0.3, -0.25) is 9.48 Å². The van der Waals surface area contributed by atoms with E-state index in [9.17, 15) is 18.3 Å². The Morgan fingerprint density at radius 1 is 1.22 bits per heavy atom. The van der Waals surface area contributed by atoms with Crippen molar-refractivity contribution in [3.05, 3.63) is 70.8 Å². The minimum Gasteiger partial charge on any atom is -0.386 e. The van der Waals surface area contributed by atoms with Crippen LogP contribution in [-0.2, 0) is 36.6 Å². The average molecular weight is 456 g/mol. The number of nitrogens with zero attached hydrogens (tertiary/aromatic N) is 4. The smallest absolute Gasteiger partial charge is 0.268 e. The molecule has 0 unspecified atom stereocenters. The van der Waals surface area contributed by atoms with Crippen LogP contribution in [0.15, 0.2) is 47.5 Å². The van der Waals surface area contributed by atoms with E-state index in [0.717, 1.165) is 16.8 Å². The van der Waals surface area contributed by atoms with E-state index in [1.807, 2.05) is 30.3 Å². The van der Waals surface area contributed by atoms with Gasteiger partial charge >= 0.3 is 0 Å². The topological polar surface area (TPSA) is 109 Å². The Balaban J connectivity index is 1.39. The molecule has 3 aromatic rings. The number of hydrogen-bond donors (Lipinski definition) is 2. The van der Waals surface area contributed by atoms with Crippen LogP contribution in [0.2, 0.25) is 0 Å². The van der Waals surface area contributed by atoms with Crippen LogP contribution in [0.4, 0.5) is 0 Å². The molecule has 0 spiro atoms. The van der Waals surface area contributed by atoms with Gasteiger partial charge in [-0.15, -0.1) is 0 Å². The van der Waals surface area contributed by atoms with Crippen LogP contribution in [0, 0.1) is 6.92 Å². The van der Waals surface area contributed by atoms with Crippen LogP contribution in [0.25, 0.3) is 0 Å². The lowest BCUT2D eigenvalue weighted by Gasteiger charge is -2.26. The molecule has 10 heteroatoms. The third-order valence-electron chi connectivity index (χ3n) is 6.55. The molecule has 168 valence electrons.